The monoisotopic (exact) mass is 377 g/mol. The summed E-state index contributed by atoms with van der Waals surface area (Å²) >= 11 is 1.55. The van der Waals surface area contributed by atoms with Crippen molar-refractivity contribution in [3.05, 3.63) is 89.7 Å². The third-order valence-electron chi connectivity index (χ3n) is 3.84. The van der Waals surface area contributed by atoms with Gasteiger partial charge in [-0.05, 0) is 47.5 Å². The van der Waals surface area contributed by atoms with Crippen LogP contribution in [-0.4, -0.2) is 11.2 Å². The van der Waals surface area contributed by atoms with Crippen LogP contribution in [0.3, 0.4) is 0 Å². The second kappa shape index (κ2) is 7.97. The van der Waals surface area contributed by atoms with Crippen LogP contribution in [0.2, 0.25) is 0 Å². The molecule has 0 unspecified atom stereocenters. The van der Waals surface area contributed by atoms with Crippen molar-refractivity contribution < 1.29 is 9.13 Å². The van der Waals surface area contributed by atoms with Crippen LogP contribution in [0.5, 0.6) is 5.75 Å². The van der Waals surface area contributed by atoms with E-state index in [0.29, 0.717) is 6.61 Å². The third-order valence-corrected chi connectivity index (χ3v) is 4.79. The number of fused-ring (bicyclic) bond motifs is 1. The Balaban J connectivity index is 1.38. The predicted molar refractivity (Wildman–Crippen MR) is 108 cm³/mol. The Bertz CT molecular complexity index is 1040. The quantitative estimate of drug-likeness (QED) is 0.358. The molecule has 0 spiro atoms. The van der Waals surface area contributed by atoms with Gasteiger partial charge >= 0.3 is 0 Å². The van der Waals surface area contributed by atoms with Gasteiger partial charge in [0.25, 0.3) is 0 Å². The molecule has 0 amide bonds. The van der Waals surface area contributed by atoms with Crippen LogP contribution in [0.15, 0.2) is 77.9 Å². The van der Waals surface area contributed by atoms with E-state index < -0.39 is 0 Å². The number of hydrogen-bond acceptors (Lipinski definition) is 5. The van der Waals surface area contributed by atoms with Crippen molar-refractivity contribution in [1.82, 2.24) is 4.98 Å². The van der Waals surface area contributed by atoms with Gasteiger partial charge in [-0.2, -0.15) is 5.10 Å². The van der Waals surface area contributed by atoms with Gasteiger partial charge in [-0.3, -0.25) is 5.43 Å². The molecule has 0 aliphatic heterocycles. The molecule has 0 fully saturated rings. The predicted octanol–water partition coefficient (Wildman–Crippen LogP) is 5.46. The van der Waals surface area contributed by atoms with Crippen molar-refractivity contribution in [3.63, 3.8) is 0 Å². The molecule has 0 saturated carbocycles. The van der Waals surface area contributed by atoms with Crippen molar-refractivity contribution in [1.29, 1.82) is 0 Å². The van der Waals surface area contributed by atoms with Crippen LogP contribution >= 0.6 is 11.3 Å². The lowest BCUT2D eigenvalue weighted by Crippen LogP contribution is -1.96. The fraction of sp³-hybridized carbons (Fsp3) is 0.0476. The summed E-state index contributed by atoms with van der Waals surface area (Å²) in [6.45, 7) is 0.380. The molecule has 4 aromatic rings. The zero-order chi connectivity index (χ0) is 18.5. The van der Waals surface area contributed by atoms with E-state index in [4.69, 9.17) is 4.74 Å². The molecule has 0 bridgehead atoms. The van der Waals surface area contributed by atoms with Gasteiger partial charge in [0.05, 0.1) is 16.4 Å². The lowest BCUT2D eigenvalue weighted by molar-refractivity contribution is 0.306. The first-order chi connectivity index (χ1) is 13.3. The van der Waals surface area contributed by atoms with Gasteiger partial charge < -0.3 is 4.74 Å². The average Bonchev–Trinajstić information content (AvgIpc) is 3.11. The molecule has 134 valence electrons. The molecule has 3 aromatic carbocycles. The molecule has 1 aromatic heterocycles. The topological polar surface area (TPSA) is 46.5 Å². The normalized spacial score (nSPS) is 11.1. The van der Waals surface area contributed by atoms with Crippen LogP contribution in [-0.2, 0) is 6.61 Å². The lowest BCUT2D eigenvalue weighted by Gasteiger charge is -2.07. The van der Waals surface area contributed by atoms with E-state index in [0.717, 1.165) is 32.2 Å². The number of aromatic nitrogens is 1. The van der Waals surface area contributed by atoms with E-state index in [2.05, 4.69) is 15.5 Å². The van der Waals surface area contributed by atoms with Crippen LogP contribution in [0, 0.1) is 5.82 Å². The van der Waals surface area contributed by atoms with Gasteiger partial charge in [-0.1, -0.05) is 47.7 Å². The number of hydrazone groups is 1. The summed E-state index contributed by atoms with van der Waals surface area (Å²) in [6.07, 6.45) is 1.72. The van der Waals surface area contributed by atoms with E-state index in [9.17, 15) is 4.39 Å². The number of anilines is 1. The van der Waals surface area contributed by atoms with Gasteiger partial charge in [0.2, 0.25) is 5.13 Å². The Morgan fingerprint density at radius 3 is 2.74 bits per heavy atom. The molecule has 0 radical (unpaired) electrons. The molecular formula is C21H16FN3OS. The highest BCUT2D eigenvalue weighted by atomic mass is 32.1. The van der Waals surface area contributed by atoms with E-state index in [1.54, 1.807) is 29.7 Å². The zero-order valence-corrected chi connectivity index (χ0v) is 15.1. The van der Waals surface area contributed by atoms with Crippen molar-refractivity contribution in [2.24, 2.45) is 5.10 Å². The summed E-state index contributed by atoms with van der Waals surface area (Å²) in [7, 11) is 0. The minimum Gasteiger partial charge on any atom is -0.489 e. The molecule has 0 aliphatic carbocycles. The summed E-state index contributed by atoms with van der Waals surface area (Å²) in [5.41, 5.74) is 5.73. The first-order valence-electron chi connectivity index (χ1n) is 8.38. The second-order valence-electron chi connectivity index (χ2n) is 5.84. The number of nitrogens with one attached hydrogen (secondary N) is 1. The zero-order valence-electron chi connectivity index (χ0n) is 14.3. The molecule has 27 heavy (non-hydrogen) atoms. The number of para-hydroxylation sites is 1. The molecule has 0 aliphatic rings. The van der Waals surface area contributed by atoms with Crippen LogP contribution in [0.4, 0.5) is 9.52 Å². The Kier molecular flexibility index (Phi) is 5.07. The van der Waals surface area contributed by atoms with E-state index >= 15 is 0 Å². The third kappa shape index (κ3) is 4.48. The minimum absolute atomic E-state index is 0.252. The van der Waals surface area contributed by atoms with Crippen LogP contribution < -0.4 is 10.2 Å². The molecule has 4 nitrogen and oxygen atoms in total. The van der Waals surface area contributed by atoms with E-state index in [1.807, 2.05) is 48.5 Å². The molecule has 0 atom stereocenters. The molecular weight excluding hydrogens is 361 g/mol. The number of benzene rings is 3. The Morgan fingerprint density at radius 2 is 1.89 bits per heavy atom. The largest absolute Gasteiger partial charge is 0.489 e. The highest BCUT2D eigenvalue weighted by molar-refractivity contribution is 7.22. The fourth-order valence-electron chi connectivity index (χ4n) is 2.51. The number of hydrogen-bond donors (Lipinski definition) is 1. The smallest absolute Gasteiger partial charge is 0.204 e. The molecule has 4 rings (SSSR count). The molecule has 1 heterocycles. The van der Waals surface area contributed by atoms with Crippen molar-refractivity contribution in [2.45, 2.75) is 6.61 Å². The van der Waals surface area contributed by atoms with Gasteiger partial charge in [0, 0.05) is 0 Å². The highest BCUT2D eigenvalue weighted by Crippen LogP contribution is 2.25. The summed E-state index contributed by atoms with van der Waals surface area (Å²) in [4.78, 5) is 4.47. The Hall–Kier alpha value is -3.25. The summed E-state index contributed by atoms with van der Waals surface area (Å²) < 4.78 is 19.8. The second-order valence-corrected chi connectivity index (χ2v) is 6.88. The number of ether oxygens (including phenoxy) is 1. The summed E-state index contributed by atoms with van der Waals surface area (Å²) in [5, 5.41) is 5.00. The number of thiazole rings is 1. The maximum Gasteiger partial charge on any atom is 0.204 e. The minimum atomic E-state index is -0.252. The van der Waals surface area contributed by atoms with E-state index in [1.165, 1.54) is 12.1 Å². The van der Waals surface area contributed by atoms with Crippen molar-refractivity contribution >= 4 is 32.9 Å². The number of halogens is 1. The van der Waals surface area contributed by atoms with Gasteiger partial charge in [-0.15, -0.1) is 0 Å². The average molecular weight is 377 g/mol. The van der Waals surface area contributed by atoms with Crippen molar-refractivity contribution in [3.8, 4) is 5.75 Å². The van der Waals surface area contributed by atoms with Crippen molar-refractivity contribution in [2.75, 3.05) is 5.43 Å². The van der Waals surface area contributed by atoms with E-state index in [-0.39, 0.29) is 5.82 Å². The molecule has 6 heteroatoms. The maximum atomic E-state index is 12.9. The molecule has 0 saturated heterocycles. The summed E-state index contributed by atoms with van der Waals surface area (Å²) in [5.74, 6) is 0.473. The van der Waals surface area contributed by atoms with Gasteiger partial charge in [0.15, 0.2) is 0 Å². The van der Waals surface area contributed by atoms with Crippen LogP contribution in [0.25, 0.3) is 10.2 Å². The first-order valence-corrected chi connectivity index (χ1v) is 9.20. The van der Waals surface area contributed by atoms with Gasteiger partial charge in [0.1, 0.15) is 18.2 Å². The Morgan fingerprint density at radius 1 is 1.04 bits per heavy atom. The SMILES string of the molecule is Fc1ccc(COc2cccc(/C=N/Nc3nc4ccccc4s3)c2)cc1. The van der Waals surface area contributed by atoms with Gasteiger partial charge in [-0.25, -0.2) is 9.37 Å². The summed E-state index contributed by atoms with van der Waals surface area (Å²) in [6, 6.07) is 21.8. The Labute approximate surface area is 160 Å². The number of nitrogens with zero attached hydrogens (tertiary/aromatic N) is 2. The molecule has 1 N–H and O–H groups in total. The lowest BCUT2D eigenvalue weighted by atomic mass is 10.2. The van der Waals surface area contributed by atoms with Crippen LogP contribution in [0.1, 0.15) is 11.1 Å². The highest BCUT2D eigenvalue weighted by Gasteiger charge is 2.01. The first kappa shape index (κ1) is 17.2. The standard InChI is InChI=1S/C21H16FN3OS/c22-17-10-8-15(9-11-17)14-26-18-5-3-4-16(12-18)13-23-25-21-24-19-6-1-2-7-20(19)27-21/h1-13H,14H2,(H,24,25)/b23-13+. The maximum absolute atomic E-state index is 12.9. The fourth-order valence-corrected chi connectivity index (χ4v) is 3.33. The number of rotatable bonds is 6.